The van der Waals surface area contributed by atoms with Crippen LogP contribution in [0.15, 0.2) is 73.1 Å². The summed E-state index contributed by atoms with van der Waals surface area (Å²) in [6.07, 6.45) is 4.04. The Labute approximate surface area is 193 Å². The lowest BCUT2D eigenvalue weighted by Crippen LogP contribution is -2.56. The van der Waals surface area contributed by atoms with Crippen LogP contribution in [-0.2, 0) is 22.6 Å². The number of hydrogen-bond donors (Lipinski definition) is 1. The van der Waals surface area contributed by atoms with Crippen molar-refractivity contribution in [3.05, 3.63) is 84.2 Å². The predicted molar refractivity (Wildman–Crippen MR) is 125 cm³/mol. The summed E-state index contributed by atoms with van der Waals surface area (Å²) in [4.78, 5) is 32.9. The number of ether oxygens (including phenoxy) is 2. The fraction of sp³-hybridized carbons (Fsp3) is 0.269. The lowest BCUT2D eigenvalue weighted by Gasteiger charge is -2.39. The maximum absolute atomic E-state index is 13.6. The van der Waals surface area contributed by atoms with Crippen LogP contribution in [0.3, 0.4) is 0 Å². The normalized spacial score (nSPS) is 13.8. The van der Waals surface area contributed by atoms with Crippen LogP contribution in [-0.4, -0.2) is 34.0 Å². The van der Waals surface area contributed by atoms with Crippen molar-refractivity contribution in [3.63, 3.8) is 0 Å². The van der Waals surface area contributed by atoms with Crippen molar-refractivity contribution in [2.45, 2.75) is 38.8 Å². The first-order chi connectivity index (χ1) is 16.0. The number of aromatic nitrogens is 1. The molecule has 1 aliphatic rings. The second-order valence-corrected chi connectivity index (χ2v) is 8.15. The lowest BCUT2D eigenvalue weighted by molar-refractivity contribution is -0.145. The quantitative estimate of drug-likeness (QED) is 0.562. The van der Waals surface area contributed by atoms with E-state index in [0.717, 1.165) is 11.1 Å². The maximum atomic E-state index is 13.6. The van der Waals surface area contributed by atoms with Gasteiger partial charge in [0.2, 0.25) is 18.6 Å². The third-order valence-corrected chi connectivity index (χ3v) is 5.97. The number of fused-ring (bicyclic) bond motifs is 1. The van der Waals surface area contributed by atoms with Crippen molar-refractivity contribution < 1.29 is 19.1 Å². The van der Waals surface area contributed by atoms with Crippen molar-refractivity contribution >= 4 is 17.5 Å². The lowest BCUT2D eigenvalue weighted by atomic mass is 9.93. The van der Waals surface area contributed by atoms with Gasteiger partial charge in [-0.1, -0.05) is 43.3 Å². The van der Waals surface area contributed by atoms with Gasteiger partial charge in [0.15, 0.2) is 11.5 Å². The van der Waals surface area contributed by atoms with E-state index in [4.69, 9.17) is 9.47 Å². The molecule has 1 atom stereocenters. The van der Waals surface area contributed by atoms with Gasteiger partial charge in [0, 0.05) is 30.7 Å². The van der Waals surface area contributed by atoms with Gasteiger partial charge in [-0.3, -0.25) is 14.6 Å². The summed E-state index contributed by atoms with van der Waals surface area (Å²) < 4.78 is 10.8. The molecule has 7 heteroatoms. The Morgan fingerprint density at radius 1 is 1.03 bits per heavy atom. The van der Waals surface area contributed by atoms with E-state index in [1.807, 2.05) is 49.4 Å². The van der Waals surface area contributed by atoms with Crippen molar-refractivity contribution in [1.29, 1.82) is 0 Å². The molecule has 2 aromatic carbocycles. The van der Waals surface area contributed by atoms with E-state index >= 15 is 0 Å². The number of nitrogens with one attached hydrogen (secondary N) is 1. The molecule has 0 spiro atoms. The standard InChI is InChI=1S/C26H27N3O4/c1-3-26(2,25(31)28-21-11-12-22-23(15-21)33-18-32-22)29(17-20-10-7-13-27-16-20)24(30)14-19-8-5-4-6-9-19/h4-13,15-16H,3,14,17-18H2,1-2H3,(H,28,31)/t26-/m1/s1. The summed E-state index contributed by atoms with van der Waals surface area (Å²) in [5.41, 5.74) is 1.25. The first-order valence-corrected chi connectivity index (χ1v) is 10.9. The number of rotatable bonds is 8. The molecule has 2 amide bonds. The highest BCUT2D eigenvalue weighted by molar-refractivity contribution is 6.00. The summed E-state index contributed by atoms with van der Waals surface area (Å²) in [5.74, 6) is 0.824. The molecule has 1 aliphatic heterocycles. The summed E-state index contributed by atoms with van der Waals surface area (Å²) in [6.45, 7) is 4.14. The minimum atomic E-state index is -1.09. The fourth-order valence-corrected chi connectivity index (χ4v) is 3.79. The topological polar surface area (TPSA) is 80.8 Å². The average molecular weight is 446 g/mol. The molecule has 0 saturated carbocycles. The van der Waals surface area contributed by atoms with Gasteiger partial charge in [-0.2, -0.15) is 0 Å². The van der Waals surface area contributed by atoms with Gasteiger partial charge in [-0.15, -0.1) is 0 Å². The number of amides is 2. The van der Waals surface area contributed by atoms with Crippen molar-refractivity contribution in [1.82, 2.24) is 9.88 Å². The van der Waals surface area contributed by atoms with Gasteiger partial charge < -0.3 is 19.7 Å². The molecule has 0 bridgehead atoms. The van der Waals surface area contributed by atoms with E-state index in [1.54, 1.807) is 42.4 Å². The second-order valence-electron chi connectivity index (χ2n) is 8.15. The van der Waals surface area contributed by atoms with Gasteiger partial charge >= 0.3 is 0 Å². The zero-order valence-corrected chi connectivity index (χ0v) is 18.8. The molecule has 4 rings (SSSR count). The number of pyridine rings is 1. The van der Waals surface area contributed by atoms with Gasteiger partial charge in [-0.05, 0) is 42.7 Å². The first-order valence-electron chi connectivity index (χ1n) is 10.9. The third-order valence-electron chi connectivity index (χ3n) is 5.97. The molecular formula is C26H27N3O4. The molecule has 2 heterocycles. The minimum Gasteiger partial charge on any atom is -0.454 e. The Morgan fingerprint density at radius 3 is 2.52 bits per heavy atom. The summed E-state index contributed by atoms with van der Waals surface area (Å²) in [5, 5.41) is 2.96. The van der Waals surface area contributed by atoms with Gasteiger partial charge in [0.1, 0.15) is 5.54 Å². The van der Waals surface area contributed by atoms with Crippen LogP contribution in [0.4, 0.5) is 5.69 Å². The number of anilines is 1. The Balaban J connectivity index is 1.61. The molecule has 1 N–H and O–H groups in total. The van der Waals surface area contributed by atoms with Gasteiger partial charge in [0.25, 0.3) is 0 Å². The summed E-state index contributed by atoms with van der Waals surface area (Å²) >= 11 is 0. The summed E-state index contributed by atoms with van der Waals surface area (Å²) in [6, 6.07) is 18.5. The highest BCUT2D eigenvalue weighted by atomic mass is 16.7. The minimum absolute atomic E-state index is 0.129. The van der Waals surface area contributed by atoms with Crippen LogP contribution in [0.25, 0.3) is 0 Å². The Bertz CT molecular complexity index is 1120. The molecule has 0 saturated heterocycles. The maximum Gasteiger partial charge on any atom is 0.250 e. The molecule has 0 radical (unpaired) electrons. The molecule has 33 heavy (non-hydrogen) atoms. The molecular weight excluding hydrogens is 418 g/mol. The van der Waals surface area contributed by atoms with Gasteiger partial charge in [-0.25, -0.2) is 0 Å². The van der Waals surface area contributed by atoms with Crippen LogP contribution >= 0.6 is 0 Å². The van der Waals surface area contributed by atoms with Crippen molar-refractivity contribution in [2.75, 3.05) is 12.1 Å². The number of nitrogens with zero attached hydrogens (tertiary/aromatic N) is 2. The predicted octanol–water partition coefficient (Wildman–Crippen LogP) is 4.19. The third kappa shape index (κ3) is 4.98. The van der Waals surface area contributed by atoms with Crippen LogP contribution in [0, 0.1) is 0 Å². The largest absolute Gasteiger partial charge is 0.454 e. The van der Waals surface area contributed by atoms with E-state index in [2.05, 4.69) is 10.3 Å². The van der Waals surface area contributed by atoms with Crippen LogP contribution in [0.2, 0.25) is 0 Å². The van der Waals surface area contributed by atoms with Crippen LogP contribution in [0.1, 0.15) is 31.4 Å². The van der Waals surface area contributed by atoms with Crippen LogP contribution in [0.5, 0.6) is 11.5 Å². The van der Waals surface area contributed by atoms with Gasteiger partial charge in [0.05, 0.1) is 6.42 Å². The smallest absolute Gasteiger partial charge is 0.250 e. The van der Waals surface area contributed by atoms with E-state index in [-0.39, 0.29) is 31.6 Å². The molecule has 0 unspecified atom stereocenters. The Hall–Kier alpha value is -3.87. The monoisotopic (exact) mass is 445 g/mol. The zero-order chi connectivity index (χ0) is 23.3. The molecule has 170 valence electrons. The summed E-state index contributed by atoms with van der Waals surface area (Å²) in [7, 11) is 0. The highest BCUT2D eigenvalue weighted by Crippen LogP contribution is 2.35. The van der Waals surface area contributed by atoms with E-state index in [9.17, 15) is 9.59 Å². The molecule has 7 nitrogen and oxygen atoms in total. The van der Waals surface area contributed by atoms with Crippen molar-refractivity contribution in [3.8, 4) is 11.5 Å². The molecule has 0 aliphatic carbocycles. The molecule has 3 aromatic rings. The Morgan fingerprint density at radius 2 is 1.79 bits per heavy atom. The highest BCUT2D eigenvalue weighted by Gasteiger charge is 2.41. The van der Waals surface area contributed by atoms with E-state index < -0.39 is 5.54 Å². The molecule has 0 fully saturated rings. The number of hydrogen-bond acceptors (Lipinski definition) is 5. The number of carbonyl (C=O) groups is 2. The first kappa shape index (κ1) is 22.3. The van der Waals surface area contributed by atoms with E-state index in [1.165, 1.54) is 0 Å². The zero-order valence-electron chi connectivity index (χ0n) is 18.8. The SMILES string of the molecule is CC[C@](C)(C(=O)Nc1ccc2c(c1)OCO2)N(Cc1cccnc1)C(=O)Cc1ccccc1. The average Bonchev–Trinajstić information content (AvgIpc) is 3.31. The van der Waals surface area contributed by atoms with Crippen molar-refractivity contribution in [2.24, 2.45) is 0 Å². The van der Waals surface area contributed by atoms with Crippen LogP contribution < -0.4 is 14.8 Å². The molecule has 1 aromatic heterocycles. The Kier molecular flexibility index (Phi) is 6.58. The fourth-order valence-electron chi connectivity index (χ4n) is 3.79. The second kappa shape index (κ2) is 9.73. The number of benzene rings is 2. The number of carbonyl (C=O) groups excluding carboxylic acids is 2. The van der Waals surface area contributed by atoms with E-state index in [0.29, 0.717) is 23.6 Å².